The average molecular weight is 327 g/mol. The van der Waals surface area contributed by atoms with Gasteiger partial charge in [-0.1, -0.05) is 42.5 Å². The lowest BCUT2D eigenvalue weighted by Crippen LogP contribution is -2.42. The second-order valence-electron chi connectivity index (χ2n) is 5.16. The Hall–Kier alpha value is -2.95. The van der Waals surface area contributed by atoms with Crippen LogP contribution in [-0.4, -0.2) is 25.0 Å². The molecule has 1 unspecified atom stereocenters. The number of esters is 1. The SMILES string of the molecule is COC(=O)C(Cc1ccccc1)NC(=O)/C=C/c1ccc(F)cc1. The minimum absolute atomic E-state index is 0.337. The zero-order chi connectivity index (χ0) is 17.4. The van der Waals surface area contributed by atoms with Crippen LogP contribution in [0.3, 0.4) is 0 Å². The van der Waals surface area contributed by atoms with Gasteiger partial charge in [-0.2, -0.15) is 0 Å². The standard InChI is InChI=1S/C19H18FNO3/c1-24-19(23)17(13-15-5-3-2-4-6-15)21-18(22)12-9-14-7-10-16(20)11-8-14/h2-12,17H,13H2,1H3,(H,21,22)/b12-9+. The lowest BCUT2D eigenvalue weighted by Gasteiger charge is -2.15. The molecule has 0 spiro atoms. The van der Waals surface area contributed by atoms with E-state index in [2.05, 4.69) is 5.32 Å². The first-order chi connectivity index (χ1) is 11.6. The van der Waals surface area contributed by atoms with Crippen LogP contribution in [0.25, 0.3) is 6.08 Å². The minimum Gasteiger partial charge on any atom is -0.467 e. The number of amides is 1. The second-order valence-corrected chi connectivity index (χ2v) is 5.16. The van der Waals surface area contributed by atoms with Crippen molar-refractivity contribution in [3.05, 3.63) is 77.6 Å². The van der Waals surface area contributed by atoms with Crippen LogP contribution in [0.15, 0.2) is 60.7 Å². The van der Waals surface area contributed by atoms with E-state index in [0.29, 0.717) is 12.0 Å². The number of rotatable bonds is 6. The maximum Gasteiger partial charge on any atom is 0.328 e. The fourth-order valence-electron chi connectivity index (χ4n) is 2.15. The van der Waals surface area contributed by atoms with Gasteiger partial charge in [0.1, 0.15) is 11.9 Å². The summed E-state index contributed by atoms with van der Waals surface area (Å²) in [5, 5.41) is 2.62. The highest BCUT2D eigenvalue weighted by molar-refractivity contribution is 5.94. The summed E-state index contributed by atoms with van der Waals surface area (Å²) in [6.45, 7) is 0. The third kappa shape index (κ3) is 5.35. The fourth-order valence-corrected chi connectivity index (χ4v) is 2.15. The Labute approximate surface area is 140 Å². The average Bonchev–Trinajstić information content (AvgIpc) is 2.61. The molecule has 1 amide bonds. The van der Waals surface area contributed by atoms with E-state index in [-0.39, 0.29) is 5.82 Å². The zero-order valence-corrected chi connectivity index (χ0v) is 13.2. The number of hydrogen-bond acceptors (Lipinski definition) is 3. The second kappa shape index (κ2) is 8.62. The molecule has 0 aliphatic carbocycles. The van der Waals surface area contributed by atoms with Crippen LogP contribution < -0.4 is 5.32 Å². The number of nitrogens with one attached hydrogen (secondary N) is 1. The quantitative estimate of drug-likeness (QED) is 0.656. The maximum atomic E-state index is 12.8. The third-order valence-electron chi connectivity index (χ3n) is 3.38. The van der Waals surface area contributed by atoms with Crippen molar-refractivity contribution in [2.45, 2.75) is 12.5 Å². The smallest absolute Gasteiger partial charge is 0.328 e. The Morgan fingerprint density at radius 3 is 2.42 bits per heavy atom. The molecule has 1 atom stereocenters. The van der Waals surface area contributed by atoms with Gasteiger partial charge < -0.3 is 10.1 Å². The van der Waals surface area contributed by atoms with Gasteiger partial charge >= 0.3 is 5.97 Å². The topological polar surface area (TPSA) is 55.4 Å². The van der Waals surface area contributed by atoms with Crippen molar-refractivity contribution in [1.29, 1.82) is 0 Å². The molecule has 2 rings (SSSR count). The molecule has 0 fully saturated rings. The van der Waals surface area contributed by atoms with Crippen LogP contribution in [0.5, 0.6) is 0 Å². The van der Waals surface area contributed by atoms with Crippen molar-refractivity contribution in [2.75, 3.05) is 7.11 Å². The van der Waals surface area contributed by atoms with Crippen LogP contribution in [-0.2, 0) is 20.7 Å². The summed E-state index contributed by atoms with van der Waals surface area (Å²) in [4.78, 5) is 23.9. The van der Waals surface area contributed by atoms with E-state index in [4.69, 9.17) is 4.74 Å². The number of carbonyl (C=O) groups is 2. The molecule has 0 saturated carbocycles. The van der Waals surface area contributed by atoms with Crippen molar-refractivity contribution in [3.63, 3.8) is 0 Å². The molecule has 5 heteroatoms. The monoisotopic (exact) mass is 327 g/mol. The largest absolute Gasteiger partial charge is 0.467 e. The Morgan fingerprint density at radius 1 is 1.12 bits per heavy atom. The number of methoxy groups -OCH3 is 1. The molecule has 0 bridgehead atoms. The van der Waals surface area contributed by atoms with Gasteiger partial charge in [0.2, 0.25) is 5.91 Å². The van der Waals surface area contributed by atoms with Gasteiger partial charge in [0.25, 0.3) is 0 Å². The number of benzene rings is 2. The molecule has 0 aromatic heterocycles. The van der Waals surface area contributed by atoms with Crippen molar-refractivity contribution in [3.8, 4) is 0 Å². The third-order valence-corrected chi connectivity index (χ3v) is 3.38. The molecule has 0 aliphatic rings. The van der Waals surface area contributed by atoms with Crippen LogP contribution in [0, 0.1) is 5.82 Å². The minimum atomic E-state index is -0.775. The molecule has 24 heavy (non-hydrogen) atoms. The number of hydrogen-bond donors (Lipinski definition) is 1. The first-order valence-corrected chi connectivity index (χ1v) is 7.44. The molecule has 2 aromatic carbocycles. The summed E-state index contributed by atoms with van der Waals surface area (Å²) in [5.41, 5.74) is 1.60. The Morgan fingerprint density at radius 2 is 1.79 bits per heavy atom. The Balaban J connectivity index is 2.01. The van der Waals surface area contributed by atoms with E-state index >= 15 is 0 Å². The first-order valence-electron chi connectivity index (χ1n) is 7.44. The normalized spacial score (nSPS) is 11.9. The van der Waals surface area contributed by atoms with E-state index in [0.717, 1.165) is 5.56 Å². The van der Waals surface area contributed by atoms with Crippen molar-refractivity contribution in [2.24, 2.45) is 0 Å². The predicted molar refractivity (Wildman–Crippen MR) is 89.5 cm³/mol. The molecule has 0 radical (unpaired) electrons. The van der Waals surface area contributed by atoms with Gasteiger partial charge in [0.15, 0.2) is 0 Å². The molecular formula is C19H18FNO3. The lowest BCUT2D eigenvalue weighted by molar-refractivity contribution is -0.144. The highest BCUT2D eigenvalue weighted by atomic mass is 19.1. The summed E-state index contributed by atoms with van der Waals surface area (Å²) in [5.74, 6) is -1.28. The highest BCUT2D eigenvalue weighted by Gasteiger charge is 2.20. The van der Waals surface area contributed by atoms with Gasteiger partial charge in [-0.15, -0.1) is 0 Å². The summed E-state index contributed by atoms with van der Waals surface area (Å²) < 4.78 is 17.6. The number of halogens is 1. The summed E-state index contributed by atoms with van der Waals surface area (Å²) in [7, 11) is 1.28. The number of carbonyl (C=O) groups excluding carboxylic acids is 2. The number of ether oxygens (including phenoxy) is 1. The molecule has 4 nitrogen and oxygen atoms in total. The Kier molecular flexibility index (Phi) is 6.25. The predicted octanol–water partition coefficient (Wildman–Crippen LogP) is 2.74. The maximum absolute atomic E-state index is 12.8. The first kappa shape index (κ1) is 17.4. The van der Waals surface area contributed by atoms with Gasteiger partial charge in [-0.3, -0.25) is 4.79 Å². The van der Waals surface area contributed by atoms with Crippen molar-refractivity contribution < 1.29 is 18.7 Å². The molecule has 0 saturated heterocycles. The van der Waals surface area contributed by atoms with Crippen LogP contribution in [0.2, 0.25) is 0 Å². The van der Waals surface area contributed by atoms with E-state index in [9.17, 15) is 14.0 Å². The highest BCUT2D eigenvalue weighted by Crippen LogP contribution is 2.06. The molecule has 2 aromatic rings. The van der Waals surface area contributed by atoms with Crippen LogP contribution in [0.1, 0.15) is 11.1 Å². The lowest BCUT2D eigenvalue weighted by atomic mass is 10.1. The van der Waals surface area contributed by atoms with E-state index in [1.165, 1.54) is 25.3 Å². The van der Waals surface area contributed by atoms with E-state index < -0.39 is 17.9 Å². The summed E-state index contributed by atoms with van der Waals surface area (Å²) in [6.07, 6.45) is 3.18. The van der Waals surface area contributed by atoms with Gasteiger partial charge in [0, 0.05) is 12.5 Å². The van der Waals surface area contributed by atoms with E-state index in [1.54, 1.807) is 18.2 Å². The zero-order valence-electron chi connectivity index (χ0n) is 13.2. The van der Waals surface area contributed by atoms with Crippen LogP contribution >= 0.6 is 0 Å². The van der Waals surface area contributed by atoms with E-state index in [1.807, 2.05) is 30.3 Å². The molecule has 1 N–H and O–H groups in total. The summed E-state index contributed by atoms with van der Waals surface area (Å²) >= 11 is 0. The fraction of sp³-hybridized carbons (Fsp3) is 0.158. The van der Waals surface area contributed by atoms with Crippen molar-refractivity contribution >= 4 is 18.0 Å². The molecule has 0 aliphatic heterocycles. The van der Waals surface area contributed by atoms with Gasteiger partial charge in [-0.25, -0.2) is 9.18 Å². The van der Waals surface area contributed by atoms with Crippen LogP contribution in [0.4, 0.5) is 4.39 Å². The van der Waals surface area contributed by atoms with Gasteiger partial charge in [0.05, 0.1) is 7.11 Å². The van der Waals surface area contributed by atoms with Gasteiger partial charge in [-0.05, 0) is 29.3 Å². The molecule has 0 heterocycles. The Bertz CT molecular complexity index is 711. The molecular weight excluding hydrogens is 309 g/mol. The summed E-state index contributed by atoms with van der Waals surface area (Å²) in [6, 6.07) is 14.3. The van der Waals surface area contributed by atoms with Crippen molar-refractivity contribution in [1.82, 2.24) is 5.32 Å². The molecule has 124 valence electrons.